The lowest BCUT2D eigenvalue weighted by molar-refractivity contribution is 0.0997. The van der Waals surface area contributed by atoms with Crippen LogP contribution in [0.25, 0.3) is 0 Å². The number of nitrogens with one attached hydrogen (secondary N) is 2. The molecule has 2 heterocycles. The Morgan fingerprint density at radius 3 is 3.04 bits per heavy atom. The number of ether oxygens (including phenoxy) is 1. The summed E-state index contributed by atoms with van der Waals surface area (Å²) in [7, 11) is 0. The van der Waals surface area contributed by atoms with Crippen LogP contribution in [0.4, 0.5) is 11.4 Å². The van der Waals surface area contributed by atoms with Crippen molar-refractivity contribution in [3.05, 3.63) is 53.9 Å². The number of carbonyl (C=O) groups is 1. The fourth-order valence-electron chi connectivity index (χ4n) is 2.88. The van der Waals surface area contributed by atoms with E-state index in [0.29, 0.717) is 16.8 Å². The maximum Gasteiger partial charge on any atom is 0.255 e. The van der Waals surface area contributed by atoms with Crippen LogP contribution in [-0.4, -0.2) is 29.6 Å². The van der Waals surface area contributed by atoms with E-state index in [0.717, 1.165) is 25.1 Å². The molecule has 0 spiro atoms. The van der Waals surface area contributed by atoms with Gasteiger partial charge in [-0.25, -0.2) is 0 Å². The first-order valence-electron chi connectivity index (χ1n) is 8.31. The van der Waals surface area contributed by atoms with Crippen molar-refractivity contribution < 1.29 is 9.53 Å². The molecule has 0 unspecified atom stereocenters. The Morgan fingerprint density at radius 2 is 2.28 bits per heavy atom. The van der Waals surface area contributed by atoms with Crippen molar-refractivity contribution >= 4 is 17.3 Å². The van der Waals surface area contributed by atoms with Gasteiger partial charge in [0.2, 0.25) is 0 Å². The normalized spacial score (nSPS) is 17.5. The van der Waals surface area contributed by atoms with Gasteiger partial charge in [-0.1, -0.05) is 6.07 Å². The number of carbonyl (C=O) groups excluding carboxylic acids is 1. The average molecular weight is 336 g/mol. The summed E-state index contributed by atoms with van der Waals surface area (Å²) in [6, 6.07) is 10.6. The Hall–Kier alpha value is -2.91. The maximum atomic E-state index is 12.5. The lowest BCUT2D eigenvalue weighted by Gasteiger charge is -2.22. The molecule has 0 bridgehead atoms. The number of amides is 1. The molecule has 2 N–H and O–H groups in total. The highest BCUT2D eigenvalue weighted by molar-refractivity contribution is 6.05. The Morgan fingerprint density at radius 1 is 1.40 bits per heavy atom. The fourth-order valence-corrected chi connectivity index (χ4v) is 2.88. The molecule has 1 saturated heterocycles. The van der Waals surface area contributed by atoms with Crippen molar-refractivity contribution in [2.75, 3.05) is 17.2 Å². The summed E-state index contributed by atoms with van der Waals surface area (Å²) in [6.07, 6.45) is 5.56. The summed E-state index contributed by atoms with van der Waals surface area (Å²) < 4.78 is 5.71. The van der Waals surface area contributed by atoms with Gasteiger partial charge >= 0.3 is 0 Å². The lowest BCUT2D eigenvalue weighted by atomic mass is 10.1. The van der Waals surface area contributed by atoms with Crippen LogP contribution in [0, 0.1) is 11.3 Å². The van der Waals surface area contributed by atoms with Crippen LogP contribution in [0.1, 0.15) is 35.7 Å². The van der Waals surface area contributed by atoms with Gasteiger partial charge in [-0.2, -0.15) is 5.26 Å². The highest BCUT2D eigenvalue weighted by Gasteiger charge is 2.23. The zero-order valence-electron chi connectivity index (χ0n) is 14.0. The zero-order chi connectivity index (χ0) is 17.6. The molecule has 0 saturated carbocycles. The van der Waals surface area contributed by atoms with E-state index >= 15 is 0 Å². The van der Waals surface area contributed by atoms with Gasteiger partial charge in [0.05, 0.1) is 35.3 Å². The molecule has 1 aromatic heterocycles. The number of hydrogen-bond acceptors (Lipinski definition) is 5. The van der Waals surface area contributed by atoms with Crippen molar-refractivity contribution in [2.45, 2.75) is 31.9 Å². The number of nitriles is 1. The Bertz CT molecular complexity index is 794. The van der Waals surface area contributed by atoms with Crippen molar-refractivity contribution in [1.29, 1.82) is 5.26 Å². The zero-order valence-corrected chi connectivity index (χ0v) is 14.0. The predicted octanol–water partition coefficient (Wildman–Crippen LogP) is 3.18. The predicted molar refractivity (Wildman–Crippen MR) is 95.4 cm³/mol. The number of rotatable bonds is 5. The van der Waals surface area contributed by atoms with Crippen LogP contribution < -0.4 is 10.6 Å². The molecule has 6 nitrogen and oxygen atoms in total. The minimum Gasteiger partial charge on any atom is -0.378 e. The van der Waals surface area contributed by atoms with E-state index in [4.69, 9.17) is 10.00 Å². The molecule has 0 radical (unpaired) electrons. The molecule has 128 valence electrons. The summed E-state index contributed by atoms with van der Waals surface area (Å²) in [5.74, 6) is -0.280. The number of pyridine rings is 1. The van der Waals surface area contributed by atoms with Crippen LogP contribution in [0.15, 0.2) is 42.7 Å². The first kappa shape index (κ1) is 16.9. The maximum absolute atomic E-state index is 12.5. The van der Waals surface area contributed by atoms with Crippen molar-refractivity contribution in [3.8, 4) is 6.07 Å². The Labute approximate surface area is 146 Å². The van der Waals surface area contributed by atoms with Gasteiger partial charge in [0.1, 0.15) is 0 Å². The molecule has 0 aliphatic carbocycles. The lowest BCUT2D eigenvalue weighted by Crippen LogP contribution is -2.30. The third-order valence-corrected chi connectivity index (χ3v) is 4.23. The molecule has 1 aromatic carbocycles. The second kappa shape index (κ2) is 7.77. The van der Waals surface area contributed by atoms with Gasteiger partial charge < -0.3 is 15.4 Å². The van der Waals surface area contributed by atoms with E-state index < -0.39 is 0 Å². The summed E-state index contributed by atoms with van der Waals surface area (Å²) >= 11 is 0. The van der Waals surface area contributed by atoms with Crippen LogP contribution in [0.3, 0.4) is 0 Å². The smallest absolute Gasteiger partial charge is 0.255 e. The van der Waals surface area contributed by atoms with Crippen molar-refractivity contribution in [2.24, 2.45) is 0 Å². The first-order chi connectivity index (χ1) is 12.2. The third-order valence-electron chi connectivity index (χ3n) is 4.23. The van der Waals surface area contributed by atoms with Gasteiger partial charge in [0, 0.05) is 24.4 Å². The Balaban J connectivity index is 1.74. The molecular formula is C19H20N4O2. The number of nitrogens with zero attached hydrogens (tertiary/aromatic N) is 2. The largest absolute Gasteiger partial charge is 0.378 e. The summed E-state index contributed by atoms with van der Waals surface area (Å²) in [5.41, 5.74) is 2.27. The van der Waals surface area contributed by atoms with Crippen LogP contribution in [0.5, 0.6) is 0 Å². The molecule has 1 aliphatic heterocycles. The van der Waals surface area contributed by atoms with Crippen LogP contribution >= 0.6 is 0 Å². The fraction of sp³-hybridized carbons (Fsp3) is 0.316. The SMILES string of the molecule is C[C@@H](Nc1ccncc1NC(=O)c1cccc(C#N)c1)[C@H]1CCCO1. The van der Waals surface area contributed by atoms with E-state index in [-0.39, 0.29) is 18.1 Å². The third kappa shape index (κ3) is 4.14. The van der Waals surface area contributed by atoms with Crippen molar-refractivity contribution in [1.82, 2.24) is 4.98 Å². The number of anilines is 2. The minimum absolute atomic E-state index is 0.127. The molecular weight excluding hydrogens is 316 g/mol. The Kier molecular flexibility index (Phi) is 5.26. The summed E-state index contributed by atoms with van der Waals surface area (Å²) in [6.45, 7) is 2.87. The highest BCUT2D eigenvalue weighted by atomic mass is 16.5. The topological polar surface area (TPSA) is 87.0 Å². The van der Waals surface area contributed by atoms with Gasteiger partial charge in [-0.15, -0.1) is 0 Å². The highest BCUT2D eigenvalue weighted by Crippen LogP contribution is 2.24. The number of benzene rings is 1. The molecule has 25 heavy (non-hydrogen) atoms. The van der Waals surface area contributed by atoms with E-state index in [1.54, 1.807) is 36.7 Å². The first-order valence-corrected chi connectivity index (χ1v) is 8.31. The second-order valence-electron chi connectivity index (χ2n) is 6.05. The van der Waals surface area contributed by atoms with E-state index in [2.05, 4.69) is 22.5 Å². The van der Waals surface area contributed by atoms with Gasteiger partial charge in [0.15, 0.2) is 0 Å². The second-order valence-corrected chi connectivity index (χ2v) is 6.05. The van der Waals surface area contributed by atoms with E-state index in [1.807, 2.05) is 12.1 Å². The molecule has 2 atom stereocenters. The monoisotopic (exact) mass is 336 g/mol. The van der Waals surface area contributed by atoms with E-state index in [9.17, 15) is 4.79 Å². The molecule has 1 aliphatic rings. The summed E-state index contributed by atoms with van der Waals surface area (Å²) in [5, 5.41) is 15.2. The van der Waals surface area contributed by atoms with Crippen LogP contribution in [-0.2, 0) is 4.74 Å². The average Bonchev–Trinajstić information content (AvgIpc) is 3.18. The number of hydrogen-bond donors (Lipinski definition) is 2. The molecule has 6 heteroatoms. The quantitative estimate of drug-likeness (QED) is 0.875. The van der Waals surface area contributed by atoms with Crippen LogP contribution in [0.2, 0.25) is 0 Å². The van der Waals surface area contributed by atoms with Gasteiger partial charge in [0.25, 0.3) is 5.91 Å². The van der Waals surface area contributed by atoms with Gasteiger partial charge in [-0.05, 0) is 44.0 Å². The molecule has 1 fully saturated rings. The molecule has 1 amide bonds. The molecule has 2 aromatic rings. The minimum atomic E-state index is -0.280. The summed E-state index contributed by atoms with van der Waals surface area (Å²) in [4.78, 5) is 16.6. The standard InChI is InChI=1S/C19H20N4O2/c1-13(18-6-3-9-25-18)22-16-7-8-21-12-17(16)23-19(24)15-5-2-4-14(10-15)11-20/h2,4-5,7-8,10,12-13,18H,3,6,9H2,1H3,(H,21,22)(H,23,24)/t13-,18-/m1/s1. The number of aromatic nitrogens is 1. The molecule has 3 rings (SSSR count). The van der Waals surface area contributed by atoms with E-state index in [1.165, 1.54) is 0 Å². The van der Waals surface area contributed by atoms with Gasteiger partial charge in [-0.3, -0.25) is 9.78 Å². The van der Waals surface area contributed by atoms with Crippen molar-refractivity contribution in [3.63, 3.8) is 0 Å².